The maximum absolute atomic E-state index is 13.1. The molecule has 0 bridgehead atoms. The highest BCUT2D eigenvalue weighted by Gasteiger charge is 2.08. The lowest BCUT2D eigenvalue weighted by Crippen LogP contribution is -2.09. The van der Waals surface area contributed by atoms with E-state index in [9.17, 15) is 12.8 Å². The van der Waals surface area contributed by atoms with Crippen LogP contribution in [-0.2, 0) is 9.05 Å². The minimum absolute atomic E-state index is 0.00137. The van der Waals surface area contributed by atoms with Crippen molar-refractivity contribution in [3.8, 4) is 5.75 Å². The van der Waals surface area contributed by atoms with E-state index in [0.717, 1.165) is 0 Å². The molecule has 0 spiro atoms. The molecule has 15 heavy (non-hydrogen) atoms. The van der Waals surface area contributed by atoms with Gasteiger partial charge in [0.2, 0.25) is 9.05 Å². The average molecular weight is 318 g/mol. The molecular formula is C8H7BrClFO3S. The van der Waals surface area contributed by atoms with Crippen LogP contribution < -0.4 is 4.74 Å². The highest BCUT2D eigenvalue weighted by Crippen LogP contribution is 2.21. The van der Waals surface area contributed by atoms with Gasteiger partial charge in [-0.25, -0.2) is 12.8 Å². The Labute approximate surface area is 99.7 Å². The summed E-state index contributed by atoms with van der Waals surface area (Å²) in [6, 6.07) is 4.22. The first-order chi connectivity index (χ1) is 6.88. The van der Waals surface area contributed by atoms with E-state index < -0.39 is 14.9 Å². The lowest BCUT2D eigenvalue weighted by molar-refractivity contribution is 0.322. The molecule has 0 amide bonds. The van der Waals surface area contributed by atoms with Gasteiger partial charge in [-0.05, 0) is 18.2 Å². The average Bonchev–Trinajstić information content (AvgIpc) is 2.07. The molecule has 3 nitrogen and oxygen atoms in total. The standard InChI is InChI=1S/C8H7BrClFO3S/c9-6-1-2-8(7(11)5-6)14-3-4-15(10,12)13/h1-2,5H,3-4H2. The second-order valence-electron chi connectivity index (χ2n) is 2.67. The number of ether oxygens (including phenoxy) is 1. The predicted molar refractivity (Wildman–Crippen MR) is 59.2 cm³/mol. The summed E-state index contributed by atoms with van der Waals surface area (Å²) in [6.07, 6.45) is 0. The van der Waals surface area contributed by atoms with E-state index in [2.05, 4.69) is 15.9 Å². The van der Waals surface area contributed by atoms with Crippen molar-refractivity contribution in [3.05, 3.63) is 28.5 Å². The van der Waals surface area contributed by atoms with E-state index in [1.165, 1.54) is 12.1 Å². The fourth-order valence-electron chi connectivity index (χ4n) is 0.843. The van der Waals surface area contributed by atoms with Crippen LogP contribution >= 0.6 is 26.6 Å². The highest BCUT2D eigenvalue weighted by molar-refractivity contribution is 9.10. The van der Waals surface area contributed by atoms with E-state index in [1.54, 1.807) is 6.07 Å². The summed E-state index contributed by atoms with van der Waals surface area (Å²) in [5, 5.41) is 0. The summed E-state index contributed by atoms with van der Waals surface area (Å²) in [5.41, 5.74) is 0. The van der Waals surface area contributed by atoms with Gasteiger partial charge in [-0.2, -0.15) is 0 Å². The molecule has 0 heterocycles. The molecule has 0 saturated heterocycles. The molecule has 7 heteroatoms. The van der Waals surface area contributed by atoms with Crippen LogP contribution in [0.15, 0.2) is 22.7 Å². The monoisotopic (exact) mass is 316 g/mol. The molecule has 1 aromatic carbocycles. The quantitative estimate of drug-likeness (QED) is 0.802. The molecular weight excluding hydrogens is 311 g/mol. The lowest BCUT2D eigenvalue weighted by Gasteiger charge is -2.05. The van der Waals surface area contributed by atoms with Crippen LogP contribution in [0.1, 0.15) is 0 Å². The Morgan fingerprint density at radius 3 is 2.67 bits per heavy atom. The zero-order chi connectivity index (χ0) is 11.5. The molecule has 0 aliphatic carbocycles. The van der Waals surface area contributed by atoms with Crippen LogP contribution in [0.2, 0.25) is 0 Å². The molecule has 0 N–H and O–H groups in total. The fourth-order valence-corrected chi connectivity index (χ4v) is 1.65. The van der Waals surface area contributed by atoms with Crippen molar-refractivity contribution in [2.24, 2.45) is 0 Å². The number of hydrogen-bond donors (Lipinski definition) is 0. The molecule has 1 rings (SSSR count). The van der Waals surface area contributed by atoms with Crippen molar-refractivity contribution in [1.82, 2.24) is 0 Å². The van der Waals surface area contributed by atoms with Crippen molar-refractivity contribution in [1.29, 1.82) is 0 Å². The van der Waals surface area contributed by atoms with Crippen molar-refractivity contribution in [2.75, 3.05) is 12.4 Å². The van der Waals surface area contributed by atoms with Crippen LogP contribution in [0.4, 0.5) is 4.39 Å². The van der Waals surface area contributed by atoms with Crippen LogP contribution in [-0.4, -0.2) is 20.8 Å². The first-order valence-electron chi connectivity index (χ1n) is 3.89. The van der Waals surface area contributed by atoms with Gasteiger partial charge in [-0.15, -0.1) is 0 Å². The van der Waals surface area contributed by atoms with Crippen molar-refractivity contribution < 1.29 is 17.5 Å². The number of hydrogen-bond acceptors (Lipinski definition) is 3. The summed E-state index contributed by atoms with van der Waals surface area (Å²) in [4.78, 5) is 0. The van der Waals surface area contributed by atoms with E-state index in [1.807, 2.05) is 0 Å². The number of benzene rings is 1. The number of halogens is 3. The van der Waals surface area contributed by atoms with Crippen LogP contribution in [0.25, 0.3) is 0 Å². The second kappa shape index (κ2) is 5.14. The highest BCUT2D eigenvalue weighted by atomic mass is 79.9. The minimum Gasteiger partial charge on any atom is -0.489 e. The van der Waals surface area contributed by atoms with Gasteiger partial charge in [0.15, 0.2) is 11.6 Å². The Morgan fingerprint density at radius 2 is 2.13 bits per heavy atom. The molecule has 0 aliphatic heterocycles. The van der Waals surface area contributed by atoms with Crippen molar-refractivity contribution >= 4 is 35.7 Å². The van der Waals surface area contributed by atoms with Gasteiger partial charge in [-0.3, -0.25) is 0 Å². The van der Waals surface area contributed by atoms with E-state index in [0.29, 0.717) is 4.47 Å². The topological polar surface area (TPSA) is 43.4 Å². The molecule has 1 aromatic rings. The smallest absolute Gasteiger partial charge is 0.235 e. The normalized spacial score (nSPS) is 11.4. The second-order valence-corrected chi connectivity index (χ2v) is 6.48. The Kier molecular flexibility index (Phi) is 4.36. The lowest BCUT2D eigenvalue weighted by atomic mass is 10.3. The largest absolute Gasteiger partial charge is 0.489 e. The van der Waals surface area contributed by atoms with E-state index in [-0.39, 0.29) is 18.1 Å². The Morgan fingerprint density at radius 1 is 1.47 bits per heavy atom. The first-order valence-corrected chi connectivity index (χ1v) is 7.16. The fraction of sp³-hybridized carbons (Fsp3) is 0.250. The van der Waals surface area contributed by atoms with E-state index in [4.69, 9.17) is 15.4 Å². The van der Waals surface area contributed by atoms with Gasteiger partial charge in [0, 0.05) is 15.2 Å². The van der Waals surface area contributed by atoms with Gasteiger partial charge in [0.1, 0.15) is 6.61 Å². The van der Waals surface area contributed by atoms with E-state index >= 15 is 0 Å². The third kappa shape index (κ3) is 4.81. The van der Waals surface area contributed by atoms with Gasteiger partial charge >= 0.3 is 0 Å². The number of rotatable bonds is 4. The third-order valence-electron chi connectivity index (χ3n) is 1.48. The van der Waals surface area contributed by atoms with Gasteiger partial charge in [0.05, 0.1) is 5.75 Å². The first kappa shape index (κ1) is 12.7. The Bertz CT molecular complexity index is 449. The Hall–Kier alpha value is -0.330. The SMILES string of the molecule is O=S(=O)(Cl)CCOc1ccc(Br)cc1F. The molecule has 0 atom stereocenters. The van der Waals surface area contributed by atoms with Gasteiger partial charge in [0.25, 0.3) is 0 Å². The van der Waals surface area contributed by atoms with Crippen LogP contribution in [0.3, 0.4) is 0 Å². The summed E-state index contributed by atoms with van der Waals surface area (Å²) in [6.45, 7) is -0.176. The molecule has 0 fully saturated rings. The molecule has 0 aromatic heterocycles. The molecule has 0 radical (unpaired) electrons. The maximum Gasteiger partial charge on any atom is 0.235 e. The van der Waals surface area contributed by atoms with Crippen LogP contribution in [0.5, 0.6) is 5.75 Å². The minimum atomic E-state index is -3.60. The maximum atomic E-state index is 13.1. The van der Waals surface area contributed by atoms with Crippen molar-refractivity contribution in [3.63, 3.8) is 0 Å². The summed E-state index contributed by atoms with van der Waals surface area (Å²) < 4.78 is 39.7. The summed E-state index contributed by atoms with van der Waals surface area (Å²) >= 11 is 3.08. The predicted octanol–water partition coefficient (Wildman–Crippen LogP) is 2.54. The molecule has 0 saturated carbocycles. The summed E-state index contributed by atoms with van der Waals surface area (Å²) in [7, 11) is 1.36. The Balaban J connectivity index is 2.59. The van der Waals surface area contributed by atoms with Gasteiger partial charge in [-0.1, -0.05) is 15.9 Å². The van der Waals surface area contributed by atoms with Gasteiger partial charge < -0.3 is 4.74 Å². The summed E-state index contributed by atoms with van der Waals surface area (Å²) in [5.74, 6) is -0.917. The zero-order valence-electron chi connectivity index (χ0n) is 7.41. The zero-order valence-corrected chi connectivity index (χ0v) is 10.6. The molecule has 84 valence electrons. The molecule has 0 unspecified atom stereocenters. The third-order valence-corrected chi connectivity index (χ3v) is 3.09. The molecule has 0 aliphatic rings. The van der Waals surface area contributed by atoms with Crippen molar-refractivity contribution in [2.45, 2.75) is 0 Å². The van der Waals surface area contributed by atoms with Crippen LogP contribution in [0, 0.1) is 5.82 Å².